The zero-order valence-electron chi connectivity index (χ0n) is 17.8. The topological polar surface area (TPSA) is 88.1 Å². The van der Waals surface area contributed by atoms with E-state index in [-0.39, 0.29) is 11.3 Å². The third-order valence-electron chi connectivity index (χ3n) is 5.25. The molecule has 4 rings (SSSR count). The van der Waals surface area contributed by atoms with E-state index in [0.717, 1.165) is 23.3 Å². The average Bonchev–Trinajstić information content (AvgIpc) is 3.32. The van der Waals surface area contributed by atoms with Crippen molar-refractivity contribution < 1.29 is 4.79 Å². The Bertz CT molecular complexity index is 1330. The highest BCUT2D eigenvalue weighted by molar-refractivity contribution is 7.09. The lowest BCUT2D eigenvalue weighted by Crippen LogP contribution is -2.33. The molecule has 0 saturated heterocycles. The van der Waals surface area contributed by atoms with Gasteiger partial charge in [0.1, 0.15) is 5.65 Å². The van der Waals surface area contributed by atoms with Gasteiger partial charge < -0.3 is 4.90 Å². The van der Waals surface area contributed by atoms with E-state index in [1.54, 1.807) is 22.3 Å². The van der Waals surface area contributed by atoms with Gasteiger partial charge in [0, 0.05) is 24.2 Å². The number of carbonyl (C=O) groups is 1. The van der Waals surface area contributed by atoms with Crippen molar-refractivity contribution >= 4 is 28.3 Å². The molecule has 1 aromatic carbocycles. The smallest absolute Gasteiger partial charge is 0.329 e. The van der Waals surface area contributed by atoms with E-state index in [1.807, 2.05) is 54.8 Å². The number of H-pyrrole nitrogens is 1. The van der Waals surface area contributed by atoms with E-state index in [0.29, 0.717) is 30.8 Å². The van der Waals surface area contributed by atoms with Crippen LogP contribution in [0.25, 0.3) is 11.0 Å². The average molecular weight is 449 g/mol. The fourth-order valence-corrected chi connectivity index (χ4v) is 4.37. The first-order valence-electron chi connectivity index (χ1n) is 10.5. The molecule has 0 bridgehead atoms. The van der Waals surface area contributed by atoms with Gasteiger partial charge in [-0.05, 0) is 35.9 Å². The highest BCUT2D eigenvalue weighted by Crippen LogP contribution is 2.17. The van der Waals surface area contributed by atoms with Gasteiger partial charge in [0.15, 0.2) is 0 Å². The number of amides is 1. The Morgan fingerprint density at radius 3 is 2.69 bits per heavy atom. The lowest BCUT2D eigenvalue weighted by atomic mass is 10.1. The Kier molecular flexibility index (Phi) is 6.61. The highest BCUT2D eigenvalue weighted by atomic mass is 32.1. The molecule has 0 radical (unpaired) electrons. The van der Waals surface area contributed by atoms with Crippen molar-refractivity contribution in [2.24, 2.45) is 0 Å². The summed E-state index contributed by atoms with van der Waals surface area (Å²) in [5, 5.41) is 2.22. The number of benzene rings is 1. The lowest BCUT2D eigenvalue weighted by Gasteiger charge is -2.22. The summed E-state index contributed by atoms with van der Waals surface area (Å²) < 4.78 is 1.43. The fraction of sp³-hybridized carbons (Fsp3) is 0.250. The van der Waals surface area contributed by atoms with Crippen molar-refractivity contribution in [1.29, 1.82) is 0 Å². The van der Waals surface area contributed by atoms with Crippen LogP contribution in [-0.2, 0) is 19.5 Å². The summed E-state index contributed by atoms with van der Waals surface area (Å²) >= 11 is 1.60. The van der Waals surface area contributed by atoms with Crippen molar-refractivity contribution in [3.63, 3.8) is 0 Å². The van der Waals surface area contributed by atoms with Gasteiger partial charge in [-0.3, -0.25) is 19.1 Å². The van der Waals surface area contributed by atoms with E-state index < -0.39 is 11.2 Å². The van der Waals surface area contributed by atoms with Gasteiger partial charge in [-0.1, -0.05) is 43.3 Å². The number of nitrogens with zero attached hydrogens (tertiary/aromatic N) is 3. The second-order valence-electron chi connectivity index (χ2n) is 7.55. The van der Waals surface area contributed by atoms with E-state index in [1.165, 1.54) is 10.8 Å². The van der Waals surface area contributed by atoms with Crippen molar-refractivity contribution in [1.82, 2.24) is 19.4 Å². The third kappa shape index (κ3) is 4.70. The minimum Gasteiger partial charge on any atom is -0.333 e. The van der Waals surface area contributed by atoms with E-state index in [9.17, 15) is 14.4 Å². The van der Waals surface area contributed by atoms with Gasteiger partial charge >= 0.3 is 5.69 Å². The molecule has 3 heterocycles. The summed E-state index contributed by atoms with van der Waals surface area (Å²) in [5.74, 6) is -0.198. The Morgan fingerprint density at radius 1 is 1.16 bits per heavy atom. The standard InChI is InChI=1S/C24H24N4O3S/c1-2-11-28-21-20(22(29)26-24(28)31)14-18(15-25-21)23(30)27(16-19-9-6-13-32-19)12-10-17-7-4-3-5-8-17/h3-9,13-15H,2,10-12,16H2,1H3,(H,26,29,31). The van der Waals surface area contributed by atoms with Crippen LogP contribution in [0.1, 0.15) is 34.1 Å². The van der Waals surface area contributed by atoms with E-state index in [4.69, 9.17) is 0 Å². The van der Waals surface area contributed by atoms with Crippen molar-refractivity contribution in [3.05, 3.63) is 96.9 Å². The summed E-state index contributed by atoms with van der Waals surface area (Å²) in [4.78, 5) is 47.6. The molecule has 32 heavy (non-hydrogen) atoms. The Labute approximate surface area is 189 Å². The molecule has 8 heteroatoms. The maximum Gasteiger partial charge on any atom is 0.329 e. The number of aromatic amines is 1. The summed E-state index contributed by atoms with van der Waals surface area (Å²) in [5.41, 5.74) is 0.750. The molecule has 0 atom stereocenters. The fourth-order valence-electron chi connectivity index (χ4n) is 3.65. The first-order chi connectivity index (χ1) is 15.6. The summed E-state index contributed by atoms with van der Waals surface area (Å²) in [6.07, 6.45) is 2.90. The number of aromatic nitrogens is 3. The molecule has 0 spiro atoms. The first kappa shape index (κ1) is 21.7. The number of fused-ring (bicyclic) bond motifs is 1. The molecule has 0 fully saturated rings. The van der Waals surface area contributed by atoms with Crippen LogP contribution < -0.4 is 11.2 Å². The van der Waals surface area contributed by atoms with Crippen LogP contribution in [0.5, 0.6) is 0 Å². The number of aryl methyl sites for hydroxylation is 1. The monoisotopic (exact) mass is 448 g/mol. The molecule has 1 amide bonds. The molecule has 0 unspecified atom stereocenters. The minimum atomic E-state index is -0.534. The highest BCUT2D eigenvalue weighted by Gasteiger charge is 2.19. The Balaban J connectivity index is 1.67. The molecular weight excluding hydrogens is 424 g/mol. The number of rotatable bonds is 8. The zero-order chi connectivity index (χ0) is 22.5. The number of carbonyl (C=O) groups excluding carboxylic acids is 1. The number of hydrogen-bond donors (Lipinski definition) is 1. The predicted molar refractivity (Wildman–Crippen MR) is 126 cm³/mol. The Hall–Kier alpha value is -3.52. The van der Waals surface area contributed by atoms with Crippen molar-refractivity contribution in [2.45, 2.75) is 32.9 Å². The molecule has 164 valence electrons. The molecular formula is C24H24N4O3S. The molecule has 3 aromatic heterocycles. The molecule has 0 saturated carbocycles. The molecule has 4 aromatic rings. The van der Waals surface area contributed by atoms with E-state index >= 15 is 0 Å². The van der Waals surface area contributed by atoms with Crippen LogP contribution in [0.15, 0.2) is 69.7 Å². The van der Waals surface area contributed by atoms with Crippen LogP contribution in [-0.4, -0.2) is 31.9 Å². The number of thiophene rings is 1. The SMILES string of the molecule is CCCn1c(=O)[nH]c(=O)c2cc(C(=O)N(CCc3ccccc3)Cc3cccs3)cnc21. The molecule has 0 aliphatic rings. The number of pyridine rings is 1. The second kappa shape index (κ2) is 9.74. The lowest BCUT2D eigenvalue weighted by molar-refractivity contribution is 0.0746. The van der Waals surface area contributed by atoms with Gasteiger partial charge in [0.05, 0.1) is 17.5 Å². The van der Waals surface area contributed by atoms with Crippen LogP contribution in [0.2, 0.25) is 0 Å². The summed E-state index contributed by atoms with van der Waals surface area (Å²) in [7, 11) is 0. The number of nitrogens with one attached hydrogen (secondary N) is 1. The maximum atomic E-state index is 13.4. The molecule has 0 aliphatic heterocycles. The molecule has 7 nitrogen and oxygen atoms in total. The largest absolute Gasteiger partial charge is 0.333 e. The van der Waals surface area contributed by atoms with Gasteiger partial charge in [-0.2, -0.15) is 0 Å². The summed E-state index contributed by atoms with van der Waals surface area (Å²) in [6, 6.07) is 15.5. The minimum absolute atomic E-state index is 0.198. The number of hydrogen-bond acceptors (Lipinski definition) is 5. The van der Waals surface area contributed by atoms with Crippen LogP contribution in [0.4, 0.5) is 0 Å². The van der Waals surface area contributed by atoms with Gasteiger partial charge in [-0.25, -0.2) is 9.78 Å². The zero-order valence-corrected chi connectivity index (χ0v) is 18.6. The van der Waals surface area contributed by atoms with Gasteiger partial charge in [0.2, 0.25) is 0 Å². The predicted octanol–water partition coefficient (Wildman–Crippen LogP) is 3.44. The molecule has 0 aliphatic carbocycles. The maximum absolute atomic E-state index is 13.4. The molecule has 1 N–H and O–H groups in total. The van der Waals surface area contributed by atoms with Gasteiger partial charge in [-0.15, -0.1) is 11.3 Å². The van der Waals surface area contributed by atoms with Crippen LogP contribution in [0.3, 0.4) is 0 Å². The van der Waals surface area contributed by atoms with Gasteiger partial charge in [0.25, 0.3) is 11.5 Å². The van der Waals surface area contributed by atoms with E-state index in [2.05, 4.69) is 9.97 Å². The first-order valence-corrected chi connectivity index (χ1v) is 11.4. The summed E-state index contributed by atoms with van der Waals surface area (Å²) in [6.45, 7) is 3.39. The van der Waals surface area contributed by atoms with Crippen molar-refractivity contribution in [3.8, 4) is 0 Å². The van der Waals surface area contributed by atoms with Crippen LogP contribution in [0, 0.1) is 0 Å². The van der Waals surface area contributed by atoms with Crippen molar-refractivity contribution in [2.75, 3.05) is 6.54 Å². The quantitative estimate of drug-likeness (QED) is 0.447. The van der Waals surface area contributed by atoms with Crippen LogP contribution >= 0.6 is 11.3 Å². The normalized spacial score (nSPS) is 11.0. The third-order valence-corrected chi connectivity index (χ3v) is 6.12. The second-order valence-corrected chi connectivity index (χ2v) is 8.58. The Morgan fingerprint density at radius 2 is 1.97 bits per heavy atom.